The smallest absolute Gasteiger partial charge is 0.182 e. The van der Waals surface area contributed by atoms with Crippen LogP contribution in [0.3, 0.4) is 0 Å². The van der Waals surface area contributed by atoms with Crippen LogP contribution in [0.5, 0.6) is 5.75 Å². The molecule has 2 aromatic rings. The zero-order chi connectivity index (χ0) is 15.8. The highest BCUT2D eigenvalue weighted by Gasteiger charge is 2.30. The topological polar surface area (TPSA) is 69.0 Å². The first-order valence-corrected chi connectivity index (χ1v) is 8.30. The Kier molecular flexibility index (Phi) is 3.63. The lowest BCUT2D eigenvalue weighted by molar-refractivity contribution is 0.401. The third kappa shape index (κ3) is 2.44. The predicted octanol–water partition coefficient (Wildman–Crippen LogP) is 1.72. The number of hydrogen-bond donors (Lipinski definition) is 0. The fourth-order valence-corrected chi connectivity index (χ4v) is 3.77. The average Bonchev–Trinajstić information content (AvgIpc) is 3.18. The minimum Gasteiger partial charge on any atom is -0.491 e. The number of aromatic nitrogens is 5. The van der Waals surface area contributed by atoms with Gasteiger partial charge in [0, 0.05) is 32.0 Å². The molecule has 7 heteroatoms. The Morgan fingerprint density at radius 1 is 1.17 bits per heavy atom. The molecule has 1 fully saturated rings. The second-order valence-corrected chi connectivity index (χ2v) is 6.33. The van der Waals surface area contributed by atoms with Gasteiger partial charge in [-0.2, -0.15) is 0 Å². The van der Waals surface area contributed by atoms with E-state index in [9.17, 15) is 0 Å². The highest BCUT2D eigenvalue weighted by atomic mass is 16.5. The maximum Gasteiger partial charge on any atom is 0.182 e. The van der Waals surface area contributed by atoms with Crippen LogP contribution in [0.4, 0.5) is 5.82 Å². The number of fused-ring (bicyclic) bond motifs is 1. The highest BCUT2D eigenvalue weighted by Crippen LogP contribution is 2.34. The van der Waals surface area contributed by atoms with Gasteiger partial charge in [-0.05, 0) is 26.2 Å². The van der Waals surface area contributed by atoms with Gasteiger partial charge in [0.25, 0.3) is 0 Å². The molecule has 0 aliphatic carbocycles. The number of nitrogens with zero attached hydrogens (tertiary/aromatic N) is 6. The quantitative estimate of drug-likeness (QED) is 0.859. The monoisotopic (exact) mass is 314 g/mol. The fraction of sp³-hybridized carbons (Fsp3) is 0.625. The van der Waals surface area contributed by atoms with Crippen molar-refractivity contribution in [1.82, 2.24) is 24.7 Å². The molecule has 0 spiro atoms. The second-order valence-electron chi connectivity index (χ2n) is 6.33. The number of methoxy groups -OCH3 is 1. The van der Waals surface area contributed by atoms with Crippen molar-refractivity contribution in [3.8, 4) is 5.75 Å². The fourth-order valence-electron chi connectivity index (χ4n) is 3.77. The van der Waals surface area contributed by atoms with Gasteiger partial charge in [0.1, 0.15) is 18.0 Å². The van der Waals surface area contributed by atoms with E-state index >= 15 is 0 Å². The molecule has 2 aliphatic rings. The lowest BCUT2D eigenvalue weighted by atomic mass is 9.97. The SMILES string of the molecule is COc1c(C)ncnc1N1CCCC(c2nnc3n2CCC3)C1. The summed E-state index contributed by atoms with van der Waals surface area (Å²) in [6.45, 7) is 4.91. The van der Waals surface area contributed by atoms with Gasteiger partial charge in [-0.1, -0.05) is 0 Å². The van der Waals surface area contributed by atoms with E-state index in [0.717, 1.165) is 67.8 Å². The van der Waals surface area contributed by atoms with Gasteiger partial charge >= 0.3 is 0 Å². The molecule has 0 amide bonds. The Morgan fingerprint density at radius 3 is 2.96 bits per heavy atom. The van der Waals surface area contributed by atoms with Crippen molar-refractivity contribution >= 4 is 5.82 Å². The molecule has 4 heterocycles. The molecule has 122 valence electrons. The minimum absolute atomic E-state index is 0.406. The number of anilines is 1. The van der Waals surface area contributed by atoms with Gasteiger partial charge in [-0.25, -0.2) is 9.97 Å². The standard InChI is InChI=1S/C16H22N6O/c1-11-14(23-2)16(18-10-17-11)21-7-3-5-12(9-21)15-20-19-13-6-4-8-22(13)15/h10,12H,3-9H2,1-2H3. The summed E-state index contributed by atoms with van der Waals surface area (Å²) in [5, 5.41) is 8.83. The zero-order valence-electron chi connectivity index (χ0n) is 13.7. The number of ether oxygens (including phenoxy) is 1. The molecule has 0 bridgehead atoms. The molecule has 1 atom stereocenters. The Bertz CT molecular complexity index is 713. The number of piperidine rings is 1. The zero-order valence-corrected chi connectivity index (χ0v) is 13.7. The molecule has 0 saturated carbocycles. The maximum atomic E-state index is 5.53. The van der Waals surface area contributed by atoms with Crippen LogP contribution >= 0.6 is 0 Å². The Labute approximate surface area is 135 Å². The maximum absolute atomic E-state index is 5.53. The summed E-state index contributed by atoms with van der Waals surface area (Å²) in [5.74, 6) is 4.37. The van der Waals surface area contributed by atoms with Crippen molar-refractivity contribution < 1.29 is 4.74 Å². The van der Waals surface area contributed by atoms with Gasteiger partial charge in [-0.15, -0.1) is 10.2 Å². The van der Waals surface area contributed by atoms with E-state index in [1.54, 1.807) is 13.4 Å². The minimum atomic E-state index is 0.406. The van der Waals surface area contributed by atoms with Gasteiger partial charge in [0.2, 0.25) is 0 Å². The molecule has 0 aromatic carbocycles. The van der Waals surface area contributed by atoms with Crippen LogP contribution in [0.25, 0.3) is 0 Å². The van der Waals surface area contributed by atoms with Gasteiger partial charge < -0.3 is 14.2 Å². The lowest BCUT2D eigenvalue weighted by Gasteiger charge is -2.33. The highest BCUT2D eigenvalue weighted by molar-refractivity contribution is 5.54. The van der Waals surface area contributed by atoms with Crippen LogP contribution < -0.4 is 9.64 Å². The lowest BCUT2D eigenvalue weighted by Crippen LogP contribution is -2.36. The Balaban J connectivity index is 1.61. The van der Waals surface area contributed by atoms with Crippen molar-refractivity contribution in [2.24, 2.45) is 0 Å². The van der Waals surface area contributed by atoms with Crippen molar-refractivity contribution in [2.75, 3.05) is 25.1 Å². The third-order valence-electron chi connectivity index (χ3n) is 4.89. The van der Waals surface area contributed by atoms with E-state index < -0.39 is 0 Å². The summed E-state index contributed by atoms with van der Waals surface area (Å²) in [5.41, 5.74) is 0.878. The van der Waals surface area contributed by atoms with Crippen LogP contribution in [-0.4, -0.2) is 44.9 Å². The second kappa shape index (κ2) is 5.79. The molecule has 0 N–H and O–H groups in total. The molecule has 1 saturated heterocycles. The van der Waals surface area contributed by atoms with E-state index in [1.807, 2.05) is 6.92 Å². The summed E-state index contributed by atoms with van der Waals surface area (Å²) in [4.78, 5) is 11.0. The molecule has 7 nitrogen and oxygen atoms in total. The largest absolute Gasteiger partial charge is 0.491 e. The van der Waals surface area contributed by atoms with Crippen molar-refractivity contribution in [3.63, 3.8) is 0 Å². The van der Waals surface area contributed by atoms with E-state index in [-0.39, 0.29) is 0 Å². The molecule has 2 aromatic heterocycles. The third-order valence-corrected chi connectivity index (χ3v) is 4.89. The van der Waals surface area contributed by atoms with Crippen LogP contribution in [0.2, 0.25) is 0 Å². The molecule has 23 heavy (non-hydrogen) atoms. The molecule has 4 rings (SSSR count). The predicted molar refractivity (Wildman–Crippen MR) is 85.9 cm³/mol. The first-order valence-electron chi connectivity index (χ1n) is 8.30. The van der Waals surface area contributed by atoms with E-state index in [2.05, 4.69) is 29.6 Å². The molecule has 2 aliphatic heterocycles. The van der Waals surface area contributed by atoms with Crippen molar-refractivity contribution in [1.29, 1.82) is 0 Å². The van der Waals surface area contributed by atoms with Crippen molar-refractivity contribution in [3.05, 3.63) is 23.7 Å². The van der Waals surface area contributed by atoms with Crippen LogP contribution in [0, 0.1) is 6.92 Å². The van der Waals surface area contributed by atoms with E-state index in [0.29, 0.717) is 5.92 Å². The summed E-state index contributed by atoms with van der Waals surface area (Å²) in [7, 11) is 1.68. The average molecular weight is 314 g/mol. The number of aryl methyl sites for hydroxylation is 2. The van der Waals surface area contributed by atoms with Gasteiger partial charge in [0.15, 0.2) is 11.6 Å². The molecular weight excluding hydrogens is 292 g/mol. The summed E-state index contributed by atoms with van der Waals surface area (Å²) in [6.07, 6.45) is 6.14. The van der Waals surface area contributed by atoms with Crippen LogP contribution in [-0.2, 0) is 13.0 Å². The normalized spacial score (nSPS) is 20.6. The molecular formula is C16H22N6O. The molecule has 0 radical (unpaired) electrons. The van der Waals surface area contributed by atoms with Crippen LogP contribution in [0.1, 0.15) is 42.5 Å². The molecule has 1 unspecified atom stereocenters. The Morgan fingerprint density at radius 2 is 2.09 bits per heavy atom. The Hall–Kier alpha value is -2.18. The van der Waals surface area contributed by atoms with Crippen molar-refractivity contribution in [2.45, 2.75) is 45.1 Å². The van der Waals surface area contributed by atoms with E-state index in [4.69, 9.17) is 4.74 Å². The summed E-state index contributed by atoms with van der Waals surface area (Å²) in [6, 6.07) is 0. The first kappa shape index (κ1) is 14.4. The number of hydrogen-bond acceptors (Lipinski definition) is 6. The van der Waals surface area contributed by atoms with Gasteiger partial charge in [0.05, 0.1) is 12.8 Å². The summed E-state index contributed by atoms with van der Waals surface area (Å²) < 4.78 is 7.85. The summed E-state index contributed by atoms with van der Waals surface area (Å²) >= 11 is 0. The van der Waals surface area contributed by atoms with Crippen LogP contribution in [0.15, 0.2) is 6.33 Å². The first-order chi connectivity index (χ1) is 11.3. The number of rotatable bonds is 3. The van der Waals surface area contributed by atoms with E-state index in [1.165, 1.54) is 6.42 Å². The van der Waals surface area contributed by atoms with Gasteiger partial charge in [-0.3, -0.25) is 0 Å².